The van der Waals surface area contributed by atoms with Crippen molar-refractivity contribution in [2.75, 3.05) is 11.9 Å². The van der Waals surface area contributed by atoms with Gasteiger partial charge in [-0.05, 0) is 40.5 Å². The van der Waals surface area contributed by atoms with Gasteiger partial charge in [-0.15, -0.1) is 0 Å². The van der Waals surface area contributed by atoms with Crippen molar-refractivity contribution in [2.24, 2.45) is 0 Å². The van der Waals surface area contributed by atoms with Gasteiger partial charge >= 0.3 is 0 Å². The van der Waals surface area contributed by atoms with Gasteiger partial charge in [-0.2, -0.15) is 0 Å². The molecule has 0 aliphatic carbocycles. The van der Waals surface area contributed by atoms with Gasteiger partial charge in [0.05, 0.1) is 4.47 Å². The second-order valence-electron chi connectivity index (χ2n) is 2.95. The Morgan fingerprint density at radius 3 is 2.79 bits per heavy atom. The van der Waals surface area contributed by atoms with Crippen molar-refractivity contribution in [3.8, 4) is 0 Å². The number of aryl methyl sites for hydroxylation is 1. The highest BCUT2D eigenvalue weighted by Crippen LogP contribution is 2.24. The van der Waals surface area contributed by atoms with E-state index >= 15 is 0 Å². The zero-order valence-corrected chi connectivity index (χ0v) is 10.9. The van der Waals surface area contributed by atoms with Gasteiger partial charge in [0.15, 0.2) is 0 Å². The number of halogens is 3. The van der Waals surface area contributed by atoms with Gasteiger partial charge in [-0.3, -0.25) is 0 Å². The SMILES string of the molecule is C=C(Br)CNc1cc(Br)c(F)cc1C. The average Bonchev–Trinajstić information content (AvgIpc) is 2.09. The number of nitrogens with one attached hydrogen (secondary N) is 1. The first kappa shape index (κ1) is 11.7. The predicted octanol–water partition coefficient (Wildman–Crippen LogP) is 4.22. The maximum Gasteiger partial charge on any atom is 0.137 e. The van der Waals surface area contributed by atoms with Crippen LogP contribution < -0.4 is 5.32 Å². The molecule has 1 rings (SSSR count). The molecule has 0 atom stereocenters. The summed E-state index contributed by atoms with van der Waals surface area (Å²) in [5, 5.41) is 3.14. The lowest BCUT2D eigenvalue weighted by Crippen LogP contribution is -2.02. The molecule has 0 heterocycles. The van der Waals surface area contributed by atoms with Crippen molar-refractivity contribution in [1.29, 1.82) is 0 Å². The molecule has 76 valence electrons. The molecule has 0 saturated carbocycles. The summed E-state index contributed by atoms with van der Waals surface area (Å²) in [5.74, 6) is -0.245. The van der Waals surface area contributed by atoms with E-state index in [0.29, 0.717) is 11.0 Å². The lowest BCUT2D eigenvalue weighted by Gasteiger charge is -2.09. The standard InChI is InChI=1S/C10H10Br2FN/c1-6-3-9(13)8(12)4-10(6)14-5-7(2)11/h3-4,14H,2,5H2,1H3. The minimum absolute atomic E-state index is 0.245. The molecule has 1 nitrogen and oxygen atoms in total. The third-order valence-corrected chi connectivity index (χ3v) is 2.63. The van der Waals surface area contributed by atoms with Crippen molar-refractivity contribution in [3.05, 3.63) is 39.0 Å². The molecule has 0 fully saturated rings. The van der Waals surface area contributed by atoms with E-state index in [9.17, 15) is 4.39 Å². The molecule has 14 heavy (non-hydrogen) atoms. The van der Waals surface area contributed by atoms with Crippen LogP contribution in [0, 0.1) is 12.7 Å². The van der Waals surface area contributed by atoms with Gasteiger partial charge < -0.3 is 5.32 Å². The molecule has 0 bridgehead atoms. The molecule has 0 aliphatic heterocycles. The van der Waals surface area contributed by atoms with Crippen LogP contribution in [0.15, 0.2) is 27.7 Å². The first-order valence-corrected chi connectivity index (χ1v) is 5.62. The first-order chi connectivity index (χ1) is 6.50. The summed E-state index contributed by atoms with van der Waals surface area (Å²) in [6.07, 6.45) is 0. The van der Waals surface area contributed by atoms with Crippen molar-refractivity contribution in [1.82, 2.24) is 0 Å². The molecular formula is C10H10Br2FN. The van der Waals surface area contributed by atoms with E-state index in [1.54, 1.807) is 6.07 Å². The molecule has 1 aromatic rings. The van der Waals surface area contributed by atoms with Gasteiger partial charge in [0.25, 0.3) is 0 Å². The molecule has 4 heteroatoms. The summed E-state index contributed by atoms with van der Waals surface area (Å²) in [5.41, 5.74) is 1.78. The maximum atomic E-state index is 13.1. The third kappa shape index (κ3) is 3.10. The fourth-order valence-electron chi connectivity index (χ4n) is 1.03. The van der Waals surface area contributed by atoms with Crippen molar-refractivity contribution in [2.45, 2.75) is 6.92 Å². The fraction of sp³-hybridized carbons (Fsp3) is 0.200. The molecule has 0 amide bonds. The van der Waals surface area contributed by atoms with Crippen LogP contribution >= 0.6 is 31.9 Å². The number of anilines is 1. The minimum Gasteiger partial charge on any atom is -0.380 e. The summed E-state index contributed by atoms with van der Waals surface area (Å²) in [7, 11) is 0. The number of hydrogen-bond donors (Lipinski definition) is 1. The van der Waals surface area contributed by atoms with Crippen LogP contribution in [-0.2, 0) is 0 Å². The molecule has 0 spiro atoms. The number of hydrogen-bond acceptors (Lipinski definition) is 1. The summed E-state index contributed by atoms with van der Waals surface area (Å²) in [6.45, 7) is 6.19. The van der Waals surface area contributed by atoms with Gasteiger partial charge in [-0.25, -0.2) is 4.39 Å². The van der Waals surface area contributed by atoms with Crippen LogP contribution in [-0.4, -0.2) is 6.54 Å². The summed E-state index contributed by atoms with van der Waals surface area (Å²) < 4.78 is 14.4. The largest absolute Gasteiger partial charge is 0.380 e. The Balaban J connectivity index is 2.87. The van der Waals surface area contributed by atoms with E-state index in [2.05, 4.69) is 43.8 Å². The Labute approximate surface area is 99.7 Å². The molecule has 0 aliphatic rings. The second kappa shape index (κ2) is 4.94. The summed E-state index contributed by atoms with van der Waals surface area (Å²) in [4.78, 5) is 0. The second-order valence-corrected chi connectivity index (χ2v) is 4.93. The van der Waals surface area contributed by atoms with E-state index in [-0.39, 0.29) is 5.82 Å². The Morgan fingerprint density at radius 2 is 2.21 bits per heavy atom. The van der Waals surface area contributed by atoms with Crippen LogP contribution in [0.3, 0.4) is 0 Å². The molecule has 0 aromatic heterocycles. The van der Waals surface area contributed by atoms with Crippen LogP contribution in [0.25, 0.3) is 0 Å². The van der Waals surface area contributed by atoms with E-state index in [1.165, 1.54) is 6.07 Å². The Hall–Kier alpha value is -0.350. The van der Waals surface area contributed by atoms with E-state index in [1.807, 2.05) is 6.92 Å². The topological polar surface area (TPSA) is 12.0 Å². The molecule has 1 N–H and O–H groups in total. The summed E-state index contributed by atoms with van der Waals surface area (Å²) >= 11 is 6.38. The first-order valence-electron chi connectivity index (χ1n) is 4.03. The Kier molecular flexibility index (Phi) is 4.13. The lowest BCUT2D eigenvalue weighted by molar-refractivity contribution is 0.620. The average molecular weight is 323 g/mol. The van der Waals surface area contributed by atoms with Gasteiger partial charge in [0.2, 0.25) is 0 Å². The minimum atomic E-state index is -0.245. The van der Waals surface area contributed by atoms with Crippen molar-refractivity contribution in [3.63, 3.8) is 0 Å². The van der Waals surface area contributed by atoms with Crippen molar-refractivity contribution >= 4 is 37.5 Å². The summed E-state index contributed by atoms with van der Waals surface area (Å²) in [6, 6.07) is 3.21. The molecule has 0 unspecified atom stereocenters. The van der Waals surface area contributed by atoms with E-state index < -0.39 is 0 Å². The fourth-order valence-corrected chi connectivity index (χ4v) is 1.51. The van der Waals surface area contributed by atoms with Crippen molar-refractivity contribution < 1.29 is 4.39 Å². The molecule has 0 saturated heterocycles. The number of benzene rings is 1. The van der Waals surface area contributed by atoms with Crippen LogP contribution in [0.4, 0.5) is 10.1 Å². The van der Waals surface area contributed by atoms with Crippen LogP contribution in [0.5, 0.6) is 0 Å². The van der Waals surface area contributed by atoms with E-state index in [4.69, 9.17) is 0 Å². The van der Waals surface area contributed by atoms with Gasteiger partial charge in [-0.1, -0.05) is 22.5 Å². The van der Waals surface area contributed by atoms with Crippen LogP contribution in [0.1, 0.15) is 5.56 Å². The highest BCUT2D eigenvalue weighted by Gasteiger charge is 2.04. The maximum absolute atomic E-state index is 13.1. The number of rotatable bonds is 3. The van der Waals surface area contributed by atoms with Crippen LogP contribution in [0.2, 0.25) is 0 Å². The Morgan fingerprint density at radius 1 is 1.57 bits per heavy atom. The lowest BCUT2D eigenvalue weighted by atomic mass is 10.2. The molecule has 0 radical (unpaired) electrons. The highest BCUT2D eigenvalue weighted by atomic mass is 79.9. The quantitative estimate of drug-likeness (QED) is 0.878. The van der Waals surface area contributed by atoms with Gasteiger partial charge in [0.1, 0.15) is 5.82 Å². The zero-order valence-electron chi connectivity index (χ0n) is 7.70. The third-order valence-electron chi connectivity index (χ3n) is 1.74. The highest BCUT2D eigenvalue weighted by molar-refractivity contribution is 9.11. The molecular weight excluding hydrogens is 313 g/mol. The van der Waals surface area contributed by atoms with Gasteiger partial charge in [0, 0.05) is 16.7 Å². The Bertz CT molecular complexity index is 363. The normalized spacial score (nSPS) is 10.0. The smallest absolute Gasteiger partial charge is 0.137 e. The predicted molar refractivity (Wildman–Crippen MR) is 65.4 cm³/mol. The zero-order chi connectivity index (χ0) is 10.7. The molecule has 1 aromatic carbocycles. The van der Waals surface area contributed by atoms with E-state index in [0.717, 1.165) is 15.7 Å². The monoisotopic (exact) mass is 321 g/mol.